The summed E-state index contributed by atoms with van der Waals surface area (Å²) in [7, 11) is 0. The third-order valence-electron chi connectivity index (χ3n) is 4.06. The molecular formula is C21H24N4O5S. The fourth-order valence-corrected chi connectivity index (χ4v) is 3.46. The highest BCUT2D eigenvalue weighted by atomic mass is 32.1. The Morgan fingerprint density at radius 3 is 2.19 bits per heavy atom. The Bertz CT molecular complexity index is 1010. The molecule has 3 rings (SSSR count). The SMILES string of the molecule is CCOc1cc(C(=O)NNC(=O)c2cc(-c3cccs3)[nH]n2)cc(OCC)c1OCC. The molecule has 2 heterocycles. The van der Waals surface area contributed by atoms with E-state index < -0.39 is 11.8 Å². The summed E-state index contributed by atoms with van der Waals surface area (Å²) in [6.07, 6.45) is 0. The maximum Gasteiger partial charge on any atom is 0.290 e. The molecule has 10 heteroatoms. The summed E-state index contributed by atoms with van der Waals surface area (Å²) in [5.74, 6) is 0.129. The minimum atomic E-state index is -0.548. The van der Waals surface area contributed by atoms with Crippen LogP contribution < -0.4 is 25.1 Å². The molecule has 0 saturated carbocycles. The number of rotatable bonds is 9. The molecule has 0 atom stereocenters. The predicted molar refractivity (Wildman–Crippen MR) is 117 cm³/mol. The average molecular weight is 445 g/mol. The van der Waals surface area contributed by atoms with Gasteiger partial charge in [0, 0.05) is 5.56 Å². The van der Waals surface area contributed by atoms with Crippen molar-refractivity contribution in [2.75, 3.05) is 19.8 Å². The number of carbonyl (C=O) groups is 2. The van der Waals surface area contributed by atoms with Crippen LogP contribution in [0.15, 0.2) is 35.7 Å². The first-order valence-electron chi connectivity index (χ1n) is 9.83. The number of hydrogen-bond acceptors (Lipinski definition) is 7. The molecule has 0 saturated heterocycles. The van der Waals surface area contributed by atoms with Gasteiger partial charge < -0.3 is 14.2 Å². The molecule has 31 heavy (non-hydrogen) atoms. The minimum Gasteiger partial charge on any atom is -0.490 e. The number of ether oxygens (including phenoxy) is 3. The zero-order valence-electron chi connectivity index (χ0n) is 17.5. The highest BCUT2D eigenvalue weighted by molar-refractivity contribution is 7.13. The summed E-state index contributed by atoms with van der Waals surface area (Å²) in [6, 6.07) is 8.53. The Hall–Kier alpha value is -3.53. The number of thiophene rings is 1. The van der Waals surface area contributed by atoms with Gasteiger partial charge in [-0.2, -0.15) is 5.10 Å². The van der Waals surface area contributed by atoms with Crippen molar-refractivity contribution in [3.8, 4) is 27.8 Å². The lowest BCUT2D eigenvalue weighted by molar-refractivity contribution is 0.0843. The molecule has 1 aromatic carbocycles. The van der Waals surface area contributed by atoms with E-state index in [1.807, 2.05) is 38.3 Å². The normalized spacial score (nSPS) is 10.4. The summed E-state index contributed by atoms with van der Waals surface area (Å²) >= 11 is 1.53. The van der Waals surface area contributed by atoms with Crippen LogP contribution in [0.4, 0.5) is 0 Å². The maximum absolute atomic E-state index is 12.7. The molecule has 0 aliphatic carbocycles. The monoisotopic (exact) mass is 444 g/mol. The van der Waals surface area contributed by atoms with Crippen LogP contribution in [0.2, 0.25) is 0 Å². The molecule has 0 aliphatic rings. The Morgan fingerprint density at radius 1 is 0.968 bits per heavy atom. The molecule has 2 amide bonds. The van der Waals surface area contributed by atoms with Crippen LogP contribution in [0.1, 0.15) is 41.6 Å². The highest BCUT2D eigenvalue weighted by Gasteiger charge is 2.19. The van der Waals surface area contributed by atoms with Crippen LogP contribution in [0, 0.1) is 0 Å². The van der Waals surface area contributed by atoms with Crippen LogP contribution in [0.25, 0.3) is 10.6 Å². The molecule has 164 valence electrons. The summed E-state index contributed by atoms with van der Waals surface area (Å²) in [5.41, 5.74) is 5.88. The number of hydrogen-bond donors (Lipinski definition) is 3. The molecule has 0 fully saturated rings. The van der Waals surface area contributed by atoms with Gasteiger partial charge in [-0.05, 0) is 50.4 Å². The standard InChI is InChI=1S/C21H24N4O5S/c1-4-28-16-10-13(11-17(29-5-2)19(16)30-6-3)20(26)24-25-21(27)15-12-14(22-23-15)18-8-7-9-31-18/h7-12H,4-6H2,1-3H3,(H,22,23)(H,24,26)(H,25,27). The van der Waals surface area contributed by atoms with E-state index in [0.29, 0.717) is 37.1 Å². The van der Waals surface area contributed by atoms with E-state index in [9.17, 15) is 9.59 Å². The lowest BCUT2D eigenvalue weighted by atomic mass is 10.1. The third kappa shape index (κ3) is 5.34. The van der Waals surface area contributed by atoms with Crippen LogP contribution in [0.5, 0.6) is 17.2 Å². The van der Waals surface area contributed by atoms with Gasteiger partial charge in [0.25, 0.3) is 11.8 Å². The molecule has 0 bridgehead atoms. The maximum atomic E-state index is 12.7. The van der Waals surface area contributed by atoms with E-state index in [1.54, 1.807) is 18.2 Å². The second kappa shape index (κ2) is 10.5. The van der Waals surface area contributed by atoms with Gasteiger partial charge in [-0.15, -0.1) is 11.3 Å². The first-order valence-corrected chi connectivity index (χ1v) is 10.7. The Kier molecular flexibility index (Phi) is 7.50. The van der Waals surface area contributed by atoms with Gasteiger partial charge in [0.05, 0.1) is 30.4 Å². The summed E-state index contributed by atoms with van der Waals surface area (Å²) < 4.78 is 16.9. The largest absolute Gasteiger partial charge is 0.490 e. The van der Waals surface area contributed by atoms with Crippen molar-refractivity contribution >= 4 is 23.2 Å². The summed E-state index contributed by atoms with van der Waals surface area (Å²) in [6.45, 7) is 6.70. The lowest BCUT2D eigenvalue weighted by Crippen LogP contribution is -2.41. The van der Waals surface area contributed by atoms with Crippen molar-refractivity contribution < 1.29 is 23.8 Å². The van der Waals surface area contributed by atoms with Gasteiger partial charge in [-0.25, -0.2) is 0 Å². The van der Waals surface area contributed by atoms with Crippen LogP contribution in [-0.2, 0) is 0 Å². The zero-order chi connectivity index (χ0) is 22.2. The van der Waals surface area contributed by atoms with Crippen molar-refractivity contribution in [1.29, 1.82) is 0 Å². The van der Waals surface area contributed by atoms with Gasteiger partial charge >= 0.3 is 0 Å². The molecular weight excluding hydrogens is 420 g/mol. The van der Waals surface area contributed by atoms with Gasteiger partial charge in [0.1, 0.15) is 0 Å². The first kappa shape index (κ1) is 22.2. The first-order chi connectivity index (χ1) is 15.1. The van der Waals surface area contributed by atoms with E-state index in [2.05, 4.69) is 21.0 Å². The third-order valence-corrected chi connectivity index (χ3v) is 4.96. The van der Waals surface area contributed by atoms with Crippen molar-refractivity contribution in [2.24, 2.45) is 0 Å². The molecule has 0 aliphatic heterocycles. The minimum absolute atomic E-state index is 0.153. The van der Waals surface area contributed by atoms with Gasteiger partial charge in [0.15, 0.2) is 17.2 Å². The van der Waals surface area contributed by atoms with Crippen molar-refractivity contribution in [3.05, 3.63) is 47.0 Å². The van der Waals surface area contributed by atoms with Gasteiger partial charge in [0.2, 0.25) is 5.75 Å². The Morgan fingerprint density at radius 2 is 1.61 bits per heavy atom. The van der Waals surface area contributed by atoms with E-state index >= 15 is 0 Å². The van der Waals surface area contributed by atoms with E-state index in [-0.39, 0.29) is 11.3 Å². The molecule has 0 spiro atoms. The number of carbonyl (C=O) groups excluding carboxylic acids is 2. The lowest BCUT2D eigenvalue weighted by Gasteiger charge is -2.17. The number of benzene rings is 1. The highest BCUT2D eigenvalue weighted by Crippen LogP contribution is 2.39. The van der Waals surface area contributed by atoms with Gasteiger partial charge in [-0.3, -0.25) is 25.5 Å². The number of nitrogens with one attached hydrogen (secondary N) is 3. The fourth-order valence-electron chi connectivity index (χ4n) is 2.77. The van der Waals surface area contributed by atoms with E-state index in [1.165, 1.54) is 11.3 Å². The van der Waals surface area contributed by atoms with Crippen molar-refractivity contribution in [3.63, 3.8) is 0 Å². The number of aromatic nitrogens is 2. The van der Waals surface area contributed by atoms with E-state index in [0.717, 1.165) is 10.6 Å². The van der Waals surface area contributed by atoms with E-state index in [4.69, 9.17) is 14.2 Å². The Balaban J connectivity index is 1.72. The molecule has 9 nitrogen and oxygen atoms in total. The molecule has 2 aromatic heterocycles. The number of H-pyrrole nitrogens is 1. The zero-order valence-corrected chi connectivity index (χ0v) is 18.3. The number of hydrazine groups is 1. The predicted octanol–water partition coefficient (Wildman–Crippen LogP) is 3.41. The molecule has 0 unspecified atom stereocenters. The molecule has 0 radical (unpaired) electrons. The Labute approximate surface area is 183 Å². The van der Waals surface area contributed by atoms with Crippen molar-refractivity contribution in [2.45, 2.75) is 20.8 Å². The average Bonchev–Trinajstić information content (AvgIpc) is 3.46. The second-order valence-electron chi connectivity index (χ2n) is 6.15. The summed E-state index contributed by atoms with van der Waals surface area (Å²) in [4.78, 5) is 26.0. The quantitative estimate of drug-likeness (QED) is 0.436. The smallest absolute Gasteiger partial charge is 0.290 e. The van der Waals surface area contributed by atoms with Crippen molar-refractivity contribution in [1.82, 2.24) is 21.0 Å². The number of aromatic amines is 1. The van der Waals surface area contributed by atoms with Crippen LogP contribution in [-0.4, -0.2) is 41.8 Å². The number of amides is 2. The summed E-state index contributed by atoms with van der Waals surface area (Å²) in [5, 5.41) is 8.73. The molecule has 3 aromatic rings. The van der Waals surface area contributed by atoms with Crippen LogP contribution in [0.3, 0.4) is 0 Å². The topological polar surface area (TPSA) is 115 Å². The van der Waals surface area contributed by atoms with Gasteiger partial charge in [-0.1, -0.05) is 6.07 Å². The fraction of sp³-hybridized carbons (Fsp3) is 0.286. The molecule has 3 N–H and O–H groups in total. The second-order valence-corrected chi connectivity index (χ2v) is 7.10. The van der Waals surface area contributed by atoms with Crippen LogP contribution >= 0.6 is 11.3 Å². The number of nitrogens with zero attached hydrogens (tertiary/aromatic N) is 1.